The highest BCUT2D eigenvalue weighted by molar-refractivity contribution is 5.64. The molecule has 0 saturated carbocycles. The number of aromatic nitrogens is 6. The summed E-state index contributed by atoms with van der Waals surface area (Å²) in [4.78, 5) is 9.28. The van der Waals surface area contributed by atoms with E-state index in [0.29, 0.717) is 12.6 Å². The lowest BCUT2D eigenvalue weighted by atomic mass is 10.1. The Morgan fingerprint density at radius 1 is 1.19 bits per heavy atom. The summed E-state index contributed by atoms with van der Waals surface area (Å²) >= 11 is 0. The first-order chi connectivity index (χ1) is 14.9. The number of nitrogens with one attached hydrogen (secondary N) is 2. The van der Waals surface area contributed by atoms with Crippen LogP contribution in [0.4, 0.5) is 5.82 Å². The molecule has 3 N–H and O–H groups in total. The Morgan fingerprint density at radius 2 is 2.10 bits per heavy atom. The number of anilines is 1. The number of nitrogens with zero attached hydrogens (tertiary/aromatic N) is 6. The van der Waals surface area contributed by atoms with Gasteiger partial charge in [-0.1, -0.05) is 6.07 Å². The fourth-order valence-corrected chi connectivity index (χ4v) is 3.83. The van der Waals surface area contributed by atoms with Crippen LogP contribution < -0.4 is 10.6 Å². The van der Waals surface area contributed by atoms with E-state index in [1.165, 1.54) is 0 Å². The van der Waals surface area contributed by atoms with E-state index in [4.69, 9.17) is 10.1 Å². The maximum absolute atomic E-state index is 10.0. The van der Waals surface area contributed by atoms with E-state index < -0.39 is 5.60 Å². The third-order valence-electron chi connectivity index (χ3n) is 5.26. The average molecular weight is 419 g/mol. The van der Waals surface area contributed by atoms with Crippen molar-refractivity contribution in [1.29, 1.82) is 0 Å². The maximum atomic E-state index is 10.0. The monoisotopic (exact) mass is 418 g/mol. The number of fused-ring (bicyclic) bond motifs is 1. The fourth-order valence-electron chi connectivity index (χ4n) is 3.83. The Labute approximate surface area is 180 Å². The van der Waals surface area contributed by atoms with Crippen LogP contribution in [-0.2, 0) is 6.54 Å². The molecule has 1 atom stereocenters. The van der Waals surface area contributed by atoms with Crippen LogP contribution in [0.2, 0.25) is 0 Å². The second-order valence-corrected chi connectivity index (χ2v) is 8.61. The summed E-state index contributed by atoms with van der Waals surface area (Å²) in [6.45, 7) is 5.91. The second-order valence-electron chi connectivity index (χ2n) is 8.61. The third kappa shape index (κ3) is 4.28. The number of pyridine rings is 1. The van der Waals surface area contributed by atoms with E-state index in [9.17, 15) is 5.11 Å². The Hall–Kier alpha value is -3.30. The highest BCUT2D eigenvalue weighted by Crippen LogP contribution is 2.23. The SMILES string of the molecule is CC(C)(O)Cn1cc(-c2ccc3ncc(-c4cccc(NC5CCNC5)n4)n3n2)cn1. The maximum Gasteiger partial charge on any atom is 0.154 e. The molecule has 160 valence electrons. The van der Waals surface area contributed by atoms with Crippen molar-refractivity contribution in [3.63, 3.8) is 0 Å². The summed E-state index contributed by atoms with van der Waals surface area (Å²) < 4.78 is 3.54. The summed E-state index contributed by atoms with van der Waals surface area (Å²) in [5.41, 5.74) is 3.21. The van der Waals surface area contributed by atoms with Crippen molar-refractivity contribution in [1.82, 2.24) is 34.7 Å². The zero-order chi connectivity index (χ0) is 21.4. The van der Waals surface area contributed by atoms with Crippen LogP contribution in [0.25, 0.3) is 28.3 Å². The highest BCUT2D eigenvalue weighted by Gasteiger charge is 2.17. The predicted octanol–water partition coefficient (Wildman–Crippen LogP) is 2.20. The Morgan fingerprint density at radius 3 is 2.90 bits per heavy atom. The van der Waals surface area contributed by atoms with E-state index in [-0.39, 0.29) is 0 Å². The highest BCUT2D eigenvalue weighted by atomic mass is 16.3. The van der Waals surface area contributed by atoms with Gasteiger partial charge in [-0.2, -0.15) is 10.2 Å². The van der Waals surface area contributed by atoms with E-state index in [0.717, 1.165) is 53.6 Å². The van der Waals surface area contributed by atoms with Crippen molar-refractivity contribution < 1.29 is 5.11 Å². The normalized spacial score (nSPS) is 16.8. The van der Waals surface area contributed by atoms with Gasteiger partial charge < -0.3 is 15.7 Å². The lowest BCUT2D eigenvalue weighted by Crippen LogP contribution is -2.26. The number of aliphatic hydroxyl groups is 1. The van der Waals surface area contributed by atoms with E-state index in [1.807, 2.05) is 41.0 Å². The minimum Gasteiger partial charge on any atom is -0.389 e. The molecule has 1 aliphatic rings. The average Bonchev–Trinajstić information content (AvgIpc) is 3.47. The van der Waals surface area contributed by atoms with Gasteiger partial charge in [-0.3, -0.25) is 4.68 Å². The molecule has 0 aliphatic carbocycles. The number of hydrogen-bond acceptors (Lipinski definition) is 7. The number of hydrogen-bond donors (Lipinski definition) is 3. The van der Waals surface area contributed by atoms with Gasteiger partial charge >= 0.3 is 0 Å². The molecular formula is C22H26N8O. The lowest BCUT2D eigenvalue weighted by molar-refractivity contribution is 0.0577. The predicted molar refractivity (Wildman–Crippen MR) is 119 cm³/mol. The Bertz CT molecular complexity index is 1200. The van der Waals surface area contributed by atoms with Gasteiger partial charge in [-0.05, 0) is 51.1 Å². The quantitative estimate of drug-likeness (QED) is 0.441. The van der Waals surface area contributed by atoms with Crippen molar-refractivity contribution in [2.75, 3.05) is 18.4 Å². The summed E-state index contributed by atoms with van der Waals surface area (Å²) in [6.07, 6.45) is 6.54. The second kappa shape index (κ2) is 7.75. The van der Waals surface area contributed by atoms with Crippen LogP contribution in [0.15, 0.2) is 48.9 Å². The molecule has 1 unspecified atom stereocenters. The molecule has 0 spiro atoms. The van der Waals surface area contributed by atoms with Gasteiger partial charge in [0.2, 0.25) is 0 Å². The summed E-state index contributed by atoms with van der Waals surface area (Å²) in [5.74, 6) is 0.852. The van der Waals surface area contributed by atoms with Crippen LogP contribution in [0.5, 0.6) is 0 Å². The minimum absolute atomic E-state index is 0.398. The Kier molecular flexibility index (Phi) is 4.91. The van der Waals surface area contributed by atoms with E-state index in [1.54, 1.807) is 30.9 Å². The van der Waals surface area contributed by atoms with Crippen molar-refractivity contribution in [3.05, 3.63) is 48.9 Å². The zero-order valence-corrected chi connectivity index (χ0v) is 17.7. The van der Waals surface area contributed by atoms with Crippen molar-refractivity contribution >= 4 is 11.5 Å². The van der Waals surface area contributed by atoms with E-state index in [2.05, 4.69) is 20.7 Å². The molecule has 1 aliphatic heterocycles. The van der Waals surface area contributed by atoms with Gasteiger partial charge in [0.1, 0.15) is 11.5 Å². The largest absolute Gasteiger partial charge is 0.389 e. The van der Waals surface area contributed by atoms with Gasteiger partial charge in [0, 0.05) is 24.3 Å². The molecule has 1 fully saturated rings. The third-order valence-corrected chi connectivity index (χ3v) is 5.26. The lowest BCUT2D eigenvalue weighted by Gasteiger charge is -2.16. The summed E-state index contributed by atoms with van der Waals surface area (Å²) in [6, 6.07) is 10.2. The van der Waals surface area contributed by atoms with Crippen LogP contribution in [-0.4, -0.2) is 59.2 Å². The van der Waals surface area contributed by atoms with Gasteiger partial charge in [-0.25, -0.2) is 14.5 Å². The minimum atomic E-state index is -0.836. The summed E-state index contributed by atoms with van der Waals surface area (Å²) in [5, 5.41) is 26.0. The molecule has 9 heteroatoms. The van der Waals surface area contributed by atoms with Crippen molar-refractivity contribution in [2.24, 2.45) is 0 Å². The first-order valence-corrected chi connectivity index (χ1v) is 10.5. The van der Waals surface area contributed by atoms with Crippen molar-refractivity contribution in [3.8, 4) is 22.6 Å². The number of rotatable bonds is 6. The zero-order valence-electron chi connectivity index (χ0n) is 17.7. The van der Waals surface area contributed by atoms with Gasteiger partial charge in [-0.15, -0.1) is 0 Å². The van der Waals surface area contributed by atoms with Crippen molar-refractivity contribution in [2.45, 2.75) is 38.5 Å². The smallest absolute Gasteiger partial charge is 0.154 e. The van der Waals surface area contributed by atoms with Gasteiger partial charge in [0.15, 0.2) is 5.65 Å². The molecule has 0 radical (unpaired) electrons. The summed E-state index contributed by atoms with van der Waals surface area (Å²) in [7, 11) is 0. The molecule has 0 bridgehead atoms. The van der Waals surface area contributed by atoms with Crippen LogP contribution in [0, 0.1) is 0 Å². The standard InChI is InChI=1S/C22H26N8O/c1-22(2,31)14-29-13-15(10-25-29)17-6-7-21-24-12-19(30(21)28-17)18-4-3-5-20(27-18)26-16-8-9-23-11-16/h3-7,10,12-13,16,23,31H,8-9,11,14H2,1-2H3,(H,26,27). The molecular weight excluding hydrogens is 392 g/mol. The molecule has 31 heavy (non-hydrogen) atoms. The molecule has 5 rings (SSSR count). The van der Waals surface area contributed by atoms with Crippen LogP contribution in [0.3, 0.4) is 0 Å². The molecule has 0 amide bonds. The molecule has 9 nitrogen and oxygen atoms in total. The molecule has 5 heterocycles. The fraction of sp³-hybridized carbons (Fsp3) is 0.364. The Balaban J connectivity index is 1.46. The van der Waals surface area contributed by atoms with Crippen LogP contribution in [0.1, 0.15) is 20.3 Å². The molecule has 4 aromatic heterocycles. The topological polar surface area (TPSA) is 105 Å². The molecule has 0 aromatic carbocycles. The van der Waals surface area contributed by atoms with Gasteiger partial charge in [0.05, 0.1) is 35.9 Å². The first kappa shape index (κ1) is 19.7. The molecule has 1 saturated heterocycles. The first-order valence-electron chi connectivity index (χ1n) is 10.5. The number of imidazole rings is 1. The van der Waals surface area contributed by atoms with E-state index >= 15 is 0 Å². The van der Waals surface area contributed by atoms with Crippen LogP contribution >= 0.6 is 0 Å². The molecule has 4 aromatic rings. The van der Waals surface area contributed by atoms with Gasteiger partial charge in [0.25, 0.3) is 0 Å².